The minimum atomic E-state index is -0.218. The third-order valence-electron chi connectivity index (χ3n) is 6.58. The SMILES string of the molecule is Cc1cc(N2CCCC2)ccc1NC(=O)CN1CCCCC1CNC(=O)Nc1ccccc1. The second-order valence-corrected chi connectivity index (χ2v) is 9.06. The molecule has 4 rings (SSSR count). The highest BCUT2D eigenvalue weighted by molar-refractivity contribution is 5.93. The Labute approximate surface area is 196 Å². The number of carbonyl (C=O) groups excluding carboxylic acids is 2. The van der Waals surface area contributed by atoms with Crippen molar-refractivity contribution in [2.75, 3.05) is 48.3 Å². The number of piperidine rings is 1. The summed E-state index contributed by atoms with van der Waals surface area (Å²) >= 11 is 0. The van der Waals surface area contributed by atoms with Gasteiger partial charge in [0, 0.05) is 42.7 Å². The molecule has 7 nitrogen and oxygen atoms in total. The molecule has 3 N–H and O–H groups in total. The van der Waals surface area contributed by atoms with Crippen molar-refractivity contribution in [3.05, 3.63) is 54.1 Å². The van der Waals surface area contributed by atoms with Crippen LogP contribution in [0.15, 0.2) is 48.5 Å². The van der Waals surface area contributed by atoms with E-state index in [1.807, 2.05) is 43.3 Å². The van der Waals surface area contributed by atoms with Crippen LogP contribution in [0.2, 0.25) is 0 Å². The van der Waals surface area contributed by atoms with E-state index in [1.54, 1.807) is 0 Å². The maximum atomic E-state index is 12.8. The molecule has 2 heterocycles. The predicted molar refractivity (Wildman–Crippen MR) is 134 cm³/mol. The average molecular weight is 450 g/mol. The summed E-state index contributed by atoms with van der Waals surface area (Å²) in [6, 6.07) is 15.6. The Balaban J connectivity index is 1.28. The number of nitrogens with one attached hydrogen (secondary N) is 3. The quantitative estimate of drug-likeness (QED) is 0.592. The van der Waals surface area contributed by atoms with E-state index in [0.29, 0.717) is 13.1 Å². The molecule has 2 aliphatic rings. The van der Waals surface area contributed by atoms with Crippen LogP contribution in [0.4, 0.5) is 21.9 Å². The minimum Gasteiger partial charge on any atom is -0.372 e. The summed E-state index contributed by atoms with van der Waals surface area (Å²) in [5, 5.41) is 8.91. The topological polar surface area (TPSA) is 76.7 Å². The number of urea groups is 1. The van der Waals surface area contributed by atoms with Crippen molar-refractivity contribution >= 4 is 29.0 Å². The number of nitrogens with zero attached hydrogens (tertiary/aromatic N) is 2. The van der Waals surface area contributed by atoms with Gasteiger partial charge in [-0.1, -0.05) is 24.6 Å². The van der Waals surface area contributed by atoms with E-state index in [2.05, 4.69) is 37.9 Å². The molecule has 3 amide bonds. The van der Waals surface area contributed by atoms with Crippen molar-refractivity contribution in [1.29, 1.82) is 0 Å². The summed E-state index contributed by atoms with van der Waals surface area (Å²) in [5.41, 5.74) is 3.96. The van der Waals surface area contributed by atoms with E-state index in [4.69, 9.17) is 0 Å². The Morgan fingerprint density at radius 1 is 0.939 bits per heavy atom. The molecule has 2 aromatic carbocycles. The number of carbonyl (C=O) groups is 2. The lowest BCUT2D eigenvalue weighted by atomic mass is 10.0. The monoisotopic (exact) mass is 449 g/mol. The molecule has 0 bridgehead atoms. The first-order valence-corrected chi connectivity index (χ1v) is 12.1. The van der Waals surface area contributed by atoms with Crippen LogP contribution < -0.4 is 20.9 Å². The summed E-state index contributed by atoms with van der Waals surface area (Å²) in [5.74, 6) is -0.00680. The maximum Gasteiger partial charge on any atom is 0.319 e. The normalized spacial score (nSPS) is 18.7. The van der Waals surface area contributed by atoms with Crippen molar-refractivity contribution in [1.82, 2.24) is 10.2 Å². The fraction of sp³-hybridized carbons (Fsp3) is 0.462. The highest BCUT2D eigenvalue weighted by Crippen LogP contribution is 2.25. The highest BCUT2D eigenvalue weighted by atomic mass is 16.2. The third-order valence-corrected chi connectivity index (χ3v) is 6.58. The molecule has 2 saturated heterocycles. The summed E-state index contributed by atoms with van der Waals surface area (Å²) < 4.78 is 0. The molecule has 1 unspecified atom stereocenters. The van der Waals surface area contributed by atoms with Gasteiger partial charge >= 0.3 is 6.03 Å². The van der Waals surface area contributed by atoms with Crippen LogP contribution in [-0.4, -0.2) is 55.6 Å². The molecule has 0 spiro atoms. The summed E-state index contributed by atoms with van der Waals surface area (Å²) in [4.78, 5) is 29.7. The van der Waals surface area contributed by atoms with Crippen molar-refractivity contribution in [3.63, 3.8) is 0 Å². The summed E-state index contributed by atoms with van der Waals surface area (Å²) in [6.07, 6.45) is 5.66. The Hall–Kier alpha value is -3.06. The Kier molecular flexibility index (Phi) is 7.83. The predicted octanol–water partition coefficient (Wildman–Crippen LogP) is 4.21. The van der Waals surface area contributed by atoms with Gasteiger partial charge in [-0.2, -0.15) is 0 Å². The van der Waals surface area contributed by atoms with Crippen LogP contribution in [0.25, 0.3) is 0 Å². The van der Waals surface area contributed by atoms with Gasteiger partial charge in [0.15, 0.2) is 0 Å². The lowest BCUT2D eigenvalue weighted by molar-refractivity contribution is -0.118. The van der Waals surface area contributed by atoms with E-state index in [0.717, 1.165) is 55.8 Å². The van der Waals surface area contributed by atoms with E-state index < -0.39 is 0 Å². The standard InChI is InChI=1S/C26H35N5O2/c1-20-17-22(30-14-7-8-15-30)12-13-24(20)29-25(32)19-31-16-6-5-11-23(31)18-27-26(33)28-21-9-3-2-4-10-21/h2-4,9-10,12-13,17,23H,5-8,11,14-16,18-19H2,1H3,(H,29,32)(H2,27,28,33). The lowest BCUT2D eigenvalue weighted by Gasteiger charge is -2.35. The van der Waals surface area contributed by atoms with Crippen LogP contribution in [0.1, 0.15) is 37.7 Å². The number of benzene rings is 2. The van der Waals surface area contributed by atoms with E-state index in [-0.39, 0.29) is 18.0 Å². The zero-order chi connectivity index (χ0) is 23.0. The van der Waals surface area contributed by atoms with Crippen molar-refractivity contribution in [2.45, 2.75) is 45.1 Å². The van der Waals surface area contributed by atoms with Crippen molar-refractivity contribution < 1.29 is 9.59 Å². The molecule has 33 heavy (non-hydrogen) atoms. The van der Waals surface area contributed by atoms with Crippen molar-refractivity contribution in [3.8, 4) is 0 Å². The van der Waals surface area contributed by atoms with Crippen LogP contribution >= 0.6 is 0 Å². The first kappa shape index (κ1) is 23.1. The number of likely N-dealkylation sites (tertiary alicyclic amines) is 1. The van der Waals surface area contributed by atoms with E-state index in [9.17, 15) is 9.59 Å². The second kappa shape index (κ2) is 11.2. The molecule has 2 aromatic rings. The van der Waals surface area contributed by atoms with Gasteiger partial charge in [-0.05, 0) is 75.0 Å². The van der Waals surface area contributed by atoms with Gasteiger partial charge in [0.2, 0.25) is 5.91 Å². The van der Waals surface area contributed by atoms with Crippen LogP contribution in [0.5, 0.6) is 0 Å². The van der Waals surface area contributed by atoms with E-state index >= 15 is 0 Å². The lowest BCUT2D eigenvalue weighted by Crippen LogP contribution is -2.49. The van der Waals surface area contributed by atoms with Crippen molar-refractivity contribution in [2.24, 2.45) is 0 Å². The number of rotatable bonds is 7. The van der Waals surface area contributed by atoms with Crippen LogP contribution in [0, 0.1) is 6.92 Å². The summed E-state index contributed by atoms with van der Waals surface area (Å²) in [6.45, 7) is 5.99. The molecule has 0 aromatic heterocycles. The number of amides is 3. The second-order valence-electron chi connectivity index (χ2n) is 9.06. The zero-order valence-electron chi connectivity index (χ0n) is 19.5. The van der Waals surface area contributed by atoms with Crippen LogP contribution in [0.3, 0.4) is 0 Å². The molecule has 176 valence electrons. The van der Waals surface area contributed by atoms with Gasteiger partial charge in [0.1, 0.15) is 0 Å². The van der Waals surface area contributed by atoms with E-state index in [1.165, 1.54) is 18.5 Å². The number of para-hydroxylation sites is 1. The number of anilines is 3. The maximum absolute atomic E-state index is 12.8. The Morgan fingerprint density at radius 3 is 2.45 bits per heavy atom. The molecule has 0 saturated carbocycles. The molecule has 1 atom stereocenters. The van der Waals surface area contributed by atoms with Gasteiger partial charge in [-0.3, -0.25) is 9.69 Å². The number of aryl methyl sites for hydroxylation is 1. The fourth-order valence-electron chi connectivity index (χ4n) is 4.74. The first-order valence-electron chi connectivity index (χ1n) is 12.1. The smallest absolute Gasteiger partial charge is 0.319 e. The van der Waals surface area contributed by atoms with Gasteiger partial charge in [-0.25, -0.2) is 4.79 Å². The highest BCUT2D eigenvalue weighted by Gasteiger charge is 2.25. The molecule has 0 aliphatic carbocycles. The Bertz CT molecular complexity index is 943. The third kappa shape index (κ3) is 6.48. The minimum absolute atomic E-state index is 0.00680. The molecule has 2 aliphatic heterocycles. The molecule has 2 fully saturated rings. The average Bonchev–Trinajstić information content (AvgIpc) is 3.35. The molecular weight excluding hydrogens is 414 g/mol. The number of hydrogen-bond acceptors (Lipinski definition) is 4. The zero-order valence-corrected chi connectivity index (χ0v) is 19.5. The fourth-order valence-corrected chi connectivity index (χ4v) is 4.74. The van der Waals surface area contributed by atoms with Crippen LogP contribution in [-0.2, 0) is 4.79 Å². The molecule has 7 heteroatoms. The largest absolute Gasteiger partial charge is 0.372 e. The Morgan fingerprint density at radius 2 is 1.70 bits per heavy atom. The molecular formula is C26H35N5O2. The van der Waals surface area contributed by atoms with Gasteiger partial charge < -0.3 is 20.9 Å². The first-order chi connectivity index (χ1) is 16.1. The van der Waals surface area contributed by atoms with Gasteiger partial charge in [0.25, 0.3) is 0 Å². The number of hydrogen-bond donors (Lipinski definition) is 3. The molecule has 0 radical (unpaired) electrons. The van der Waals surface area contributed by atoms with Gasteiger partial charge in [0.05, 0.1) is 6.54 Å². The summed E-state index contributed by atoms with van der Waals surface area (Å²) in [7, 11) is 0. The van der Waals surface area contributed by atoms with Gasteiger partial charge in [-0.15, -0.1) is 0 Å².